The lowest BCUT2D eigenvalue weighted by atomic mass is 9.62. The third kappa shape index (κ3) is 5.69. The molecule has 1 aromatic carbocycles. The number of aliphatic hydroxyl groups is 1. The molecule has 2 bridgehead atoms. The average molecular weight is 610 g/mol. The fraction of sp³-hybridized carbons (Fsp3) is 0.629. The molecule has 0 saturated carbocycles. The Morgan fingerprint density at radius 1 is 1.16 bits per heavy atom. The molecule has 242 valence electrons. The fourth-order valence-corrected chi connectivity index (χ4v) is 7.89. The Hall–Kier alpha value is -3.17. The monoisotopic (exact) mass is 609 g/mol. The first-order chi connectivity index (χ1) is 21.1. The van der Waals surface area contributed by atoms with Gasteiger partial charge in [0, 0.05) is 38.0 Å². The minimum absolute atomic E-state index is 0.00332. The highest BCUT2D eigenvalue weighted by Crippen LogP contribution is 2.65. The van der Waals surface area contributed by atoms with E-state index in [2.05, 4.69) is 27.0 Å². The molecular formula is C35H51N3O6. The third-order valence-corrected chi connectivity index (χ3v) is 10.0. The predicted octanol–water partition coefficient (Wildman–Crippen LogP) is 4.59. The molecule has 0 aromatic heterocycles. The topological polar surface area (TPSA) is 99.6 Å². The molecule has 3 aliphatic rings. The number of likely N-dealkylation sites (tertiary alicyclic amines) is 1. The van der Waals surface area contributed by atoms with E-state index in [1.54, 1.807) is 22.0 Å². The molecule has 4 rings (SSSR count). The van der Waals surface area contributed by atoms with Gasteiger partial charge in [-0.1, -0.05) is 32.4 Å². The van der Waals surface area contributed by atoms with Crippen molar-refractivity contribution in [2.75, 3.05) is 37.7 Å². The summed E-state index contributed by atoms with van der Waals surface area (Å²) in [7, 11) is 0. The zero-order chi connectivity index (χ0) is 32.2. The summed E-state index contributed by atoms with van der Waals surface area (Å²) in [5.74, 6) is -1.55. The van der Waals surface area contributed by atoms with Gasteiger partial charge in [-0.15, -0.1) is 13.2 Å². The largest absolute Gasteiger partial charge is 0.494 e. The van der Waals surface area contributed by atoms with Crippen molar-refractivity contribution in [1.82, 2.24) is 9.80 Å². The molecular weight excluding hydrogens is 558 g/mol. The van der Waals surface area contributed by atoms with Gasteiger partial charge in [0.2, 0.25) is 17.7 Å². The molecule has 7 atom stereocenters. The van der Waals surface area contributed by atoms with Crippen molar-refractivity contribution in [1.29, 1.82) is 0 Å². The van der Waals surface area contributed by atoms with Crippen molar-refractivity contribution < 1.29 is 29.0 Å². The Labute approximate surface area is 262 Å². The standard InChI is InChI=1S/C35H51N3O6/c1-8-14-25(6)36(19-9-2)33(42)30-35-23-24(5)34(7,44-35)28(29(35)32(41)38(30)21-12-13-22-39)31(40)37(20-10-3)26-15-17-27(18-16-26)43-11-4/h9-10,15-18,24-25,28-30,39H,2-3,8,11-14,19-23H2,1,4-7H3/t24?,25?,28-,29+,30?,34+,35?/m1/s1. The van der Waals surface area contributed by atoms with Crippen LogP contribution < -0.4 is 9.64 Å². The Morgan fingerprint density at radius 2 is 1.84 bits per heavy atom. The molecule has 1 spiro atoms. The number of unbranched alkanes of at least 4 members (excludes halogenated alkanes) is 1. The lowest BCUT2D eigenvalue weighted by Gasteiger charge is -2.40. The molecule has 0 radical (unpaired) electrons. The number of carbonyl (C=O) groups excluding carboxylic acids is 3. The Morgan fingerprint density at radius 3 is 2.43 bits per heavy atom. The van der Waals surface area contributed by atoms with E-state index in [4.69, 9.17) is 9.47 Å². The van der Waals surface area contributed by atoms with Crippen LogP contribution in [0, 0.1) is 17.8 Å². The molecule has 3 saturated heterocycles. The van der Waals surface area contributed by atoms with Crippen LogP contribution >= 0.6 is 0 Å². The van der Waals surface area contributed by atoms with Crippen molar-refractivity contribution in [3.05, 3.63) is 49.6 Å². The molecule has 3 aliphatic heterocycles. The highest BCUT2D eigenvalue weighted by atomic mass is 16.5. The van der Waals surface area contributed by atoms with Gasteiger partial charge in [-0.05, 0) is 76.6 Å². The molecule has 9 nitrogen and oxygen atoms in total. The number of aliphatic hydroxyl groups excluding tert-OH is 1. The maximum atomic E-state index is 14.7. The molecule has 3 amide bonds. The summed E-state index contributed by atoms with van der Waals surface area (Å²) in [6.45, 7) is 19.3. The fourth-order valence-electron chi connectivity index (χ4n) is 7.89. The molecule has 4 unspecified atom stereocenters. The van der Waals surface area contributed by atoms with E-state index in [-0.39, 0.29) is 42.8 Å². The van der Waals surface area contributed by atoms with Gasteiger partial charge in [-0.2, -0.15) is 0 Å². The lowest BCUT2D eigenvalue weighted by molar-refractivity contribution is -0.153. The first-order valence-electron chi connectivity index (χ1n) is 16.2. The van der Waals surface area contributed by atoms with Crippen molar-refractivity contribution in [2.24, 2.45) is 17.8 Å². The Bertz CT molecular complexity index is 1220. The number of carbonyl (C=O) groups is 3. The summed E-state index contributed by atoms with van der Waals surface area (Å²) in [4.78, 5) is 49.0. The minimum atomic E-state index is -1.13. The molecule has 3 heterocycles. The van der Waals surface area contributed by atoms with Crippen LogP contribution in [0.4, 0.5) is 5.69 Å². The van der Waals surface area contributed by atoms with Crippen LogP contribution in [-0.4, -0.2) is 88.8 Å². The summed E-state index contributed by atoms with van der Waals surface area (Å²) in [6.07, 6.45) is 6.68. The van der Waals surface area contributed by atoms with Crippen LogP contribution in [0.1, 0.15) is 66.7 Å². The summed E-state index contributed by atoms with van der Waals surface area (Å²) < 4.78 is 12.6. The summed E-state index contributed by atoms with van der Waals surface area (Å²) in [5.41, 5.74) is -1.39. The van der Waals surface area contributed by atoms with Gasteiger partial charge in [-0.25, -0.2) is 0 Å². The number of ether oxygens (including phenoxy) is 2. The summed E-state index contributed by atoms with van der Waals surface area (Å²) in [6, 6.07) is 6.42. The number of anilines is 1. The molecule has 9 heteroatoms. The number of fused-ring (bicyclic) bond motifs is 1. The van der Waals surface area contributed by atoms with Crippen molar-refractivity contribution in [3.8, 4) is 5.75 Å². The predicted molar refractivity (Wildman–Crippen MR) is 171 cm³/mol. The number of hydrogen-bond donors (Lipinski definition) is 1. The lowest BCUT2D eigenvalue weighted by Crippen LogP contribution is -2.58. The van der Waals surface area contributed by atoms with Gasteiger partial charge < -0.3 is 29.3 Å². The second-order valence-corrected chi connectivity index (χ2v) is 12.7. The van der Waals surface area contributed by atoms with Crippen LogP contribution in [-0.2, 0) is 19.1 Å². The minimum Gasteiger partial charge on any atom is -0.494 e. The molecule has 0 aliphatic carbocycles. The van der Waals surface area contributed by atoms with Crippen LogP contribution in [0.5, 0.6) is 5.75 Å². The summed E-state index contributed by atoms with van der Waals surface area (Å²) in [5, 5.41) is 9.51. The Kier molecular flexibility index (Phi) is 10.6. The quantitative estimate of drug-likeness (QED) is 0.218. The second-order valence-electron chi connectivity index (χ2n) is 12.7. The average Bonchev–Trinajstić information content (AvgIpc) is 3.51. The molecule has 1 aromatic rings. The second kappa shape index (κ2) is 13.9. The van der Waals surface area contributed by atoms with Gasteiger partial charge in [-0.3, -0.25) is 14.4 Å². The van der Waals surface area contributed by atoms with Crippen molar-refractivity contribution >= 4 is 23.4 Å². The number of hydrogen-bond acceptors (Lipinski definition) is 6. The maximum absolute atomic E-state index is 14.7. The van der Waals surface area contributed by atoms with E-state index in [0.29, 0.717) is 50.4 Å². The van der Waals surface area contributed by atoms with Crippen molar-refractivity contribution in [3.63, 3.8) is 0 Å². The number of nitrogens with zero attached hydrogens (tertiary/aromatic N) is 3. The zero-order valence-electron chi connectivity index (χ0n) is 27.2. The van der Waals surface area contributed by atoms with E-state index in [9.17, 15) is 19.5 Å². The van der Waals surface area contributed by atoms with Crippen LogP contribution in [0.15, 0.2) is 49.6 Å². The Balaban J connectivity index is 1.79. The van der Waals surface area contributed by atoms with Gasteiger partial charge in [0.05, 0.1) is 24.0 Å². The SMILES string of the molecule is C=CCN(C(=O)[C@H]1[C@H]2C(=O)N(CCCCO)C(C(=O)N(CC=C)C(C)CCC)C23CC(C)[C@]1(C)O3)c1ccc(OCC)cc1. The van der Waals surface area contributed by atoms with Crippen LogP contribution in [0.2, 0.25) is 0 Å². The summed E-state index contributed by atoms with van der Waals surface area (Å²) >= 11 is 0. The smallest absolute Gasteiger partial charge is 0.248 e. The number of rotatable bonds is 16. The molecule has 1 N–H and O–H groups in total. The van der Waals surface area contributed by atoms with E-state index in [0.717, 1.165) is 12.8 Å². The molecule has 44 heavy (non-hydrogen) atoms. The number of benzene rings is 1. The van der Waals surface area contributed by atoms with Gasteiger partial charge in [0.25, 0.3) is 0 Å². The van der Waals surface area contributed by atoms with Crippen molar-refractivity contribution in [2.45, 2.75) is 90.0 Å². The third-order valence-electron chi connectivity index (χ3n) is 10.0. The van der Waals surface area contributed by atoms with Gasteiger partial charge >= 0.3 is 0 Å². The van der Waals surface area contributed by atoms with Gasteiger partial charge in [0.1, 0.15) is 17.4 Å². The van der Waals surface area contributed by atoms with E-state index >= 15 is 0 Å². The highest BCUT2D eigenvalue weighted by Gasteiger charge is 2.80. The first kappa shape index (κ1) is 33.7. The maximum Gasteiger partial charge on any atom is 0.248 e. The van der Waals surface area contributed by atoms with Crippen LogP contribution in [0.25, 0.3) is 0 Å². The molecule has 3 fully saturated rings. The first-order valence-corrected chi connectivity index (χ1v) is 16.2. The van der Waals surface area contributed by atoms with E-state index < -0.39 is 29.1 Å². The van der Waals surface area contributed by atoms with Gasteiger partial charge in [0.15, 0.2) is 0 Å². The van der Waals surface area contributed by atoms with E-state index in [1.165, 1.54) is 0 Å². The number of amides is 3. The zero-order valence-corrected chi connectivity index (χ0v) is 27.2. The van der Waals surface area contributed by atoms with Crippen LogP contribution in [0.3, 0.4) is 0 Å². The highest BCUT2D eigenvalue weighted by molar-refractivity contribution is 6.03. The van der Waals surface area contributed by atoms with E-state index in [1.807, 2.05) is 49.9 Å². The normalized spacial score (nSPS) is 29.3.